The Morgan fingerprint density at radius 1 is 1.11 bits per heavy atom. The second-order valence-corrected chi connectivity index (χ2v) is 6.88. The number of carbonyl (C=O) groups excluding carboxylic acids is 3. The minimum Gasteiger partial charge on any atom is -0.480 e. The lowest BCUT2D eigenvalue weighted by Gasteiger charge is -2.26. The third-order valence-electron chi connectivity index (χ3n) is 4.61. The van der Waals surface area contributed by atoms with Crippen LogP contribution in [0.4, 0.5) is 0 Å². The Morgan fingerprint density at radius 2 is 1.74 bits per heavy atom. The lowest BCUT2D eigenvalue weighted by Crippen LogP contribution is -2.55. The van der Waals surface area contributed by atoms with Crippen LogP contribution in [0.15, 0.2) is 0 Å². The molecule has 3 amide bonds. The van der Waals surface area contributed by atoms with Crippen molar-refractivity contribution in [3.8, 4) is 0 Å². The maximum absolute atomic E-state index is 12.4. The third kappa shape index (κ3) is 6.79. The van der Waals surface area contributed by atoms with Crippen LogP contribution in [0.5, 0.6) is 0 Å². The molecule has 0 radical (unpaired) electrons. The summed E-state index contributed by atoms with van der Waals surface area (Å²) in [6.07, 6.45) is 2.97. The van der Waals surface area contributed by atoms with E-state index in [2.05, 4.69) is 10.6 Å². The Labute approximate surface area is 159 Å². The third-order valence-corrected chi connectivity index (χ3v) is 4.61. The number of aliphatic carboxylic acids is 1. The molecular weight excluding hydrogens is 354 g/mol. The molecule has 4 atom stereocenters. The predicted octanol–water partition coefficient (Wildman–Crippen LogP) is -1.47. The van der Waals surface area contributed by atoms with Crippen LogP contribution >= 0.6 is 0 Å². The van der Waals surface area contributed by atoms with Gasteiger partial charge >= 0.3 is 5.97 Å². The fourth-order valence-electron chi connectivity index (χ4n) is 2.96. The first-order valence-electron chi connectivity index (χ1n) is 9.28. The number of nitrogens with one attached hydrogen (secondary N) is 2. The van der Waals surface area contributed by atoms with Crippen molar-refractivity contribution in [3.63, 3.8) is 0 Å². The van der Waals surface area contributed by atoms with E-state index in [0.717, 1.165) is 12.8 Å². The number of carboxylic acids is 1. The highest BCUT2D eigenvalue weighted by atomic mass is 16.4. The lowest BCUT2D eigenvalue weighted by atomic mass is 10.1. The van der Waals surface area contributed by atoms with Gasteiger partial charge in [0.25, 0.3) is 0 Å². The molecule has 0 aromatic carbocycles. The molecule has 0 spiro atoms. The van der Waals surface area contributed by atoms with Crippen molar-refractivity contribution in [1.82, 2.24) is 15.5 Å². The first-order chi connectivity index (χ1) is 12.7. The molecule has 0 aromatic heterocycles. The van der Waals surface area contributed by atoms with Crippen molar-refractivity contribution in [2.45, 2.75) is 70.1 Å². The van der Waals surface area contributed by atoms with E-state index in [1.807, 2.05) is 0 Å². The monoisotopic (exact) mass is 385 g/mol. The van der Waals surface area contributed by atoms with Crippen LogP contribution in [0.1, 0.15) is 46.0 Å². The number of hydrogen-bond donors (Lipinski definition) is 5. The molecule has 4 unspecified atom stereocenters. The van der Waals surface area contributed by atoms with Crippen LogP contribution in [-0.4, -0.2) is 71.0 Å². The molecule has 1 rings (SSSR count). The van der Waals surface area contributed by atoms with Gasteiger partial charge in [-0.1, -0.05) is 6.42 Å². The highest BCUT2D eigenvalue weighted by Crippen LogP contribution is 2.18. The fourth-order valence-corrected chi connectivity index (χ4v) is 2.96. The van der Waals surface area contributed by atoms with Gasteiger partial charge in [0, 0.05) is 6.54 Å². The first kappa shape index (κ1) is 22.8. The highest BCUT2D eigenvalue weighted by Gasteiger charge is 2.36. The summed E-state index contributed by atoms with van der Waals surface area (Å²) in [6.45, 7) is 3.86. The van der Waals surface area contributed by atoms with Gasteiger partial charge in [0.1, 0.15) is 18.1 Å². The molecule has 154 valence electrons. The number of nitrogens with two attached hydrogens (primary N) is 2. The molecule has 7 N–H and O–H groups in total. The molecule has 1 saturated heterocycles. The highest BCUT2D eigenvalue weighted by molar-refractivity contribution is 5.93. The van der Waals surface area contributed by atoms with E-state index in [4.69, 9.17) is 16.6 Å². The summed E-state index contributed by atoms with van der Waals surface area (Å²) in [7, 11) is 0. The molecule has 0 aromatic rings. The Balaban J connectivity index is 2.50. The van der Waals surface area contributed by atoms with Gasteiger partial charge in [-0.3, -0.25) is 14.4 Å². The largest absolute Gasteiger partial charge is 0.480 e. The molecule has 10 nitrogen and oxygen atoms in total. The van der Waals surface area contributed by atoms with Crippen LogP contribution in [0, 0.1) is 0 Å². The van der Waals surface area contributed by atoms with E-state index in [1.165, 1.54) is 18.7 Å². The number of unbranched alkanes of at least 4 members (excludes halogenated alkanes) is 1. The molecule has 1 aliphatic rings. The zero-order valence-corrected chi connectivity index (χ0v) is 15.9. The van der Waals surface area contributed by atoms with Gasteiger partial charge < -0.3 is 32.1 Å². The van der Waals surface area contributed by atoms with Crippen LogP contribution in [-0.2, 0) is 19.2 Å². The minimum atomic E-state index is -1.05. The summed E-state index contributed by atoms with van der Waals surface area (Å²) in [5, 5.41) is 14.2. The number of carbonyl (C=O) groups is 4. The topological polar surface area (TPSA) is 168 Å². The minimum absolute atomic E-state index is 0.347. The molecule has 0 aliphatic carbocycles. The zero-order valence-electron chi connectivity index (χ0n) is 15.9. The summed E-state index contributed by atoms with van der Waals surface area (Å²) in [4.78, 5) is 49.1. The van der Waals surface area contributed by atoms with Crippen LogP contribution < -0.4 is 22.1 Å². The number of rotatable bonds is 10. The number of hydrogen-bond acceptors (Lipinski definition) is 6. The zero-order chi connectivity index (χ0) is 20.6. The maximum atomic E-state index is 12.4. The number of amides is 3. The first-order valence-corrected chi connectivity index (χ1v) is 9.28. The maximum Gasteiger partial charge on any atom is 0.326 e. The van der Waals surface area contributed by atoms with Crippen molar-refractivity contribution in [2.75, 3.05) is 13.1 Å². The number of likely N-dealkylation sites (tertiary alicyclic amines) is 1. The molecule has 10 heteroatoms. The smallest absolute Gasteiger partial charge is 0.326 e. The van der Waals surface area contributed by atoms with Crippen molar-refractivity contribution in [1.29, 1.82) is 0 Å². The standard InChI is InChI=1S/C17H31N5O5/c1-10(20-15(24)12(19)6-3-4-8-18)14(23)21-11(2)16(25)22-9-5-7-13(22)17(26)27/h10-13H,3-9,18-19H2,1-2H3,(H,20,24)(H,21,23)(H,26,27). The van der Waals surface area contributed by atoms with Gasteiger partial charge in [-0.25, -0.2) is 4.79 Å². The molecule has 1 aliphatic heterocycles. The van der Waals surface area contributed by atoms with Crippen molar-refractivity contribution in [3.05, 3.63) is 0 Å². The fraction of sp³-hybridized carbons (Fsp3) is 0.765. The summed E-state index contributed by atoms with van der Waals surface area (Å²) >= 11 is 0. The Kier molecular flexibility index (Phi) is 9.16. The lowest BCUT2D eigenvalue weighted by molar-refractivity contribution is -0.149. The molecular formula is C17H31N5O5. The van der Waals surface area contributed by atoms with Gasteiger partial charge in [0.2, 0.25) is 17.7 Å². The van der Waals surface area contributed by atoms with Crippen LogP contribution in [0.25, 0.3) is 0 Å². The summed E-state index contributed by atoms with van der Waals surface area (Å²) in [6, 6.07) is -3.36. The summed E-state index contributed by atoms with van der Waals surface area (Å²) in [5.74, 6) is -2.49. The summed E-state index contributed by atoms with van der Waals surface area (Å²) in [5.41, 5.74) is 11.2. The average molecular weight is 385 g/mol. The normalized spacial score (nSPS) is 19.9. The molecule has 0 saturated carbocycles. The van der Waals surface area contributed by atoms with E-state index >= 15 is 0 Å². The van der Waals surface area contributed by atoms with Gasteiger partial charge in [-0.15, -0.1) is 0 Å². The van der Waals surface area contributed by atoms with Gasteiger partial charge in [0.05, 0.1) is 6.04 Å². The molecule has 1 fully saturated rings. The Bertz CT molecular complexity index is 556. The van der Waals surface area contributed by atoms with E-state index < -0.39 is 47.9 Å². The van der Waals surface area contributed by atoms with E-state index in [9.17, 15) is 19.2 Å². The Morgan fingerprint density at radius 3 is 2.33 bits per heavy atom. The second-order valence-electron chi connectivity index (χ2n) is 6.88. The number of carboxylic acid groups (broad SMARTS) is 1. The van der Waals surface area contributed by atoms with Crippen molar-refractivity contribution in [2.24, 2.45) is 11.5 Å². The van der Waals surface area contributed by atoms with Crippen LogP contribution in [0.3, 0.4) is 0 Å². The molecule has 27 heavy (non-hydrogen) atoms. The quantitative estimate of drug-likeness (QED) is 0.286. The van der Waals surface area contributed by atoms with Crippen LogP contribution in [0.2, 0.25) is 0 Å². The average Bonchev–Trinajstić information content (AvgIpc) is 3.10. The van der Waals surface area contributed by atoms with Crippen molar-refractivity contribution >= 4 is 23.7 Å². The van der Waals surface area contributed by atoms with E-state index in [0.29, 0.717) is 32.4 Å². The SMILES string of the molecule is CC(NC(=O)C(N)CCCCN)C(=O)NC(C)C(=O)N1CCCC1C(=O)O. The van der Waals surface area contributed by atoms with E-state index in [1.54, 1.807) is 0 Å². The number of nitrogens with zero attached hydrogens (tertiary/aromatic N) is 1. The summed E-state index contributed by atoms with van der Waals surface area (Å²) < 4.78 is 0. The predicted molar refractivity (Wildman–Crippen MR) is 98.5 cm³/mol. The van der Waals surface area contributed by atoms with Gasteiger partial charge in [-0.2, -0.15) is 0 Å². The van der Waals surface area contributed by atoms with Gasteiger partial charge in [-0.05, 0) is 46.1 Å². The molecule has 1 heterocycles. The van der Waals surface area contributed by atoms with Crippen molar-refractivity contribution < 1.29 is 24.3 Å². The Hall–Kier alpha value is -2.20. The van der Waals surface area contributed by atoms with E-state index in [-0.39, 0.29) is 0 Å². The molecule has 0 bridgehead atoms. The van der Waals surface area contributed by atoms with Gasteiger partial charge in [0.15, 0.2) is 0 Å². The second kappa shape index (κ2) is 10.8.